The molecule has 0 aliphatic heterocycles. The van der Waals surface area contributed by atoms with E-state index in [1.165, 1.54) is 16.7 Å². The molecule has 0 saturated heterocycles. The summed E-state index contributed by atoms with van der Waals surface area (Å²) in [6, 6.07) is 20.4. The smallest absolute Gasteiger partial charge is 0.264 e. The second-order valence-corrected chi connectivity index (χ2v) is 13.8. The third kappa shape index (κ3) is 8.35. The van der Waals surface area contributed by atoms with Gasteiger partial charge < -0.3 is 15.0 Å². The summed E-state index contributed by atoms with van der Waals surface area (Å²) in [5, 5.41) is 3.15. The van der Waals surface area contributed by atoms with Gasteiger partial charge >= 0.3 is 0 Å². The molecule has 3 aromatic rings. The molecule has 8 nitrogen and oxygen atoms in total. The molecule has 236 valence electrons. The lowest BCUT2D eigenvalue weighted by Gasteiger charge is -2.34. The first-order chi connectivity index (χ1) is 21.2. The first kappa shape index (κ1) is 33.4. The van der Waals surface area contributed by atoms with E-state index in [-0.39, 0.29) is 23.4 Å². The fourth-order valence-corrected chi connectivity index (χ4v) is 7.40. The molecule has 0 heterocycles. The summed E-state index contributed by atoms with van der Waals surface area (Å²) in [6.45, 7) is 5.90. The zero-order chi connectivity index (χ0) is 31.7. The molecule has 3 aromatic carbocycles. The Labute approximate surface area is 266 Å². The molecule has 0 aromatic heterocycles. The van der Waals surface area contributed by atoms with E-state index in [2.05, 4.69) is 5.32 Å². The van der Waals surface area contributed by atoms with Crippen LogP contribution in [-0.2, 0) is 26.2 Å². The summed E-state index contributed by atoms with van der Waals surface area (Å²) in [7, 11) is -4.15. The molecule has 1 aliphatic carbocycles. The Bertz CT molecular complexity index is 1500. The molecule has 1 unspecified atom stereocenters. The number of aryl methyl sites for hydroxylation is 1. The summed E-state index contributed by atoms with van der Waals surface area (Å²) in [6.07, 6.45) is 6.30. The van der Waals surface area contributed by atoms with Crippen molar-refractivity contribution in [1.82, 2.24) is 10.2 Å². The third-order valence-electron chi connectivity index (χ3n) is 7.88. The number of amides is 2. The van der Waals surface area contributed by atoms with Crippen molar-refractivity contribution in [2.45, 2.75) is 81.3 Å². The van der Waals surface area contributed by atoms with Gasteiger partial charge in [-0.1, -0.05) is 49.6 Å². The van der Waals surface area contributed by atoms with Gasteiger partial charge in [0.1, 0.15) is 18.3 Å². The van der Waals surface area contributed by atoms with Gasteiger partial charge in [-0.05, 0) is 93.5 Å². The first-order valence-electron chi connectivity index (χ1n) is 15.2. The number of nitrogens with zero attached hydrogens (tertiary/aromatic N) is 2. The van der Waals surface area contributed by atoms with Crippen LogP contribution in [0.2, 0.25) is 0 Å². The maximum absolute atomic E-state index is 14.3. The number of thioether (sulfide) groups is 1. The number of carbonyl (C=O) groups excluding carboxylic acids is 2. The fourth-order valence-electron chi connectivity index (χ4n) is 5.57. The number of hydrogen-bond acceptors (Lipinski definition) is 6. The zero-order valence-electron chi connectivity index (χ0n) is 26.0. The molecule has 1 N–H and O–H groups in total. The number of ether oxygens (including phenoxy) is 1. The van der Waals surface area contributed by atoms with Gasteiger partial charge in [0.15, 0.2) is 0 Å². The van der Waals surface area contributed by atoms with Gasteiger partial charge in [0.25, 0.3) is 10.0 Å². The Kier molecular flexibility index (Phi) is 11.7. The van der Waals surface area contributed by atoms with Crippen molar-refractivity contribution in [2.75, 3.05) is 23.7 Å². The Balaban J connectivity index is 1.72. The molecule has 4 rings (SSSR count). The van der Waals surface area contributed by atoms with E-state index in [1.807, 2.05) is 51.3 Å². The normalized spacial score (nSPS) is 14.2. The van der Waals surface area contributed by atoms with Gasteiger partial charge in [-0.3, -0.25) is 13.9 Å². The molecule has 0 bridgehead atoms. The fraction of sp³-hybridized carbons (Fsp3) is 0.412. The van der Waals surface area contributed by atoms with Crippen molar-refractivity contribution in [3.63, 3.8) is 0 Å². The molecule has 0 radical (unpaired) electrons. The van der Waals surface area contributed by atoms with Crippen LogP contribution in [0.4, 0.5) is 5.69 Å². The third-order valence-corrected chi connectivity index (χ3v) is 10.4. The van der Waals surface area contributed by atoms with E-state index >= 15 is 0 Å². The van der Waals surface area contributed by atoms with Crippen molar-refractivity contribution >= 4 is 39.3 Å². The number of nitrogens with one attached hydrogen (secondary N) is 1. The maximum atomic E-state index is 14.3. The molecule has 44 heavy (non-hydrogen) atoms. The highest BCUT2D eigenvalue weighted by Crippen LogP contribution is 2.28. The van der Waals surface area contributed by atoms with Crippen LogP contribution in [0.15, 0.2) is 82.6 Å². The van der Waals surface area contributed by atoms with Crippen LogP contribution in [0.1, 0.15) is 57.1 Å². The van der Waals surface area contributed by atoms with Gasteiger partial charge in [0, 0.05) is 17.5 Å². The largest absolute Gasteiger partial charge is 0.494 e. The second kappa shape index (κ2) is 15.5. The quantitative estimate of drug-likeness (QED) is 0.212. The highest BCUT2D eigenvalue weighted by molar-refractivity contribution is 7.98. The van der Waals surface area contributed by atoms with Crippen LogP contribution >= 0.6 is 11.8 Å². The molecule has 1 aliphatic rings. The number of hydrogen-bond donors (Lipinski definition) is 1. The lowest BCUT2D eigenvalue weighted by atomic mass is 10.1. The zero-order valence-corrected chi connectivity index (χ0v) is 27.6. The molecular formula is C34H43N3O5S2. The second-order valence-electron chi connectivity index (χ2n) is 11.0. The average molecular weight is 638 g/mol. The summed E-state index contributed by atoms with van der Waals surface area (Å²) in [4.78, 5) is 30.5. The standard InChI is InChI=1S/C34H43N3O5S2/c1-5-32(34(39)35-27-12-7-8-13-27)36(23-26-11-9-10-25(3)22-26)33(38)24-37(28-14-16-29(17-15-28)42-6-2)44(40,41)31-20-18-30(43-4)19-21-31/h9-11,14-22,27,32H,5-8,12-13,23-24H2,1-4H3,(H,35,39). The SMILES string of the molecule is CCOc1ccc(N(CC(=O)N(Cc2cccc(C)c2)C(CC)C(=O)NC2CCCC2)S(=O)(=O)c2ccc(SC)cc2)cc1. The number of carbonyl (C=O) groups is 2. The van der Waals surface area contributed by atoms with Gasteiger partial charge in [-0.25, -0.2) is 8.42 Å². The highest BCUT2D eigenvalue weighted by Gasteiger charge is 2.34. The summed E-state index contributed by atoms with van der Waals surface area (Å²) in [5.41, 5.74) is 2.23. The van der Waals surface area contributed by atoms with Gasteiger partial charge in [0.05, 0.1) is 17.2 Å². The van der Waals surface area contributed by atoms with Gasteiger partial charge in [0.2, 0.25) is 11.8 Å². The van der Waals surface area contributed by atoms with Crippen molar-refractivity contribution in [3.8, 4) is 5.75 Å². The van der Waals surface area contributed by atoms with Crippen LogP contribution in [0.25, 0.3) is 0 Å². The van der Waals surface area contributed by atoms with Crippen LogP contribution in [0.5, 0.6) is 5.75 Å². The van der Waals surface area contributed by atoms with Gasteiger partial charge in [-0.15, -0.1) is 11.8 Å². The summed E-state index contributed by atoms with van der Waals surface area (Å²) < 4.78 is 35.0. The Hall–Kier alpha value is -3.50. The van der Waals surface area contributed by atoms with E-state index in [0.717, 1.165) is 46.0 Å². The molecule has 2 amide bonds. The van der Waals surface area contributed by atoms with E-state index in [4.69, 9.17) is 4.74 Å². The number of benzene rings is 3. The minimum Gasteiger partial charge on any atom is -0.494 e. The van der Waals surface area contributed by atoms with E-state index < -0.39 is 28.5 Å². The molecule has 1 saturated carbocycles. The van der Waals surface area contributed by atoms with Crippen LogP contribution in [-0.4, -0.2) is 56.6 Å². The number of anilines is 1. The van der Waals surface area contributed by atoms with E-state index in [1.54, 1.807) is 48.5 Å². The predicted molar refractivity (Wildman–Crippen MR) is 177 cm³/mol. The monoisotopic (exact) mass is 637 g/mol. The summed E-state index contributed by atoms with van der Waals surface area (Å²) >= 11 is 1.51. The Morgan fingerprint density at radius 1 is 1.00 bits per heavy atom. The molecule has 10 heteroatoms. The van der Waals surface area contributed by atoms with Crippen LogP contribution < -0.4 is 14.4 Å². The summed E-state index contributed by atoms with van der Waals surface area (Å²) in [5.74, 6) is -0.0680. The Morgan fingerprint density at radius 2 is 1.68 bits per heavy atom. The minimum atomic E-state index is -4.15. The topological polar surface area (TPSA) is 96.0 Å². The van der Waals surface area contributed by atoms with Crippen molar-refractivity contribution < 1.29 is 22.7 Å². The van der Waals surface area contributed by atoms with E-state index in [9.17, 15) is 18.0 Å². The minimum absolute atomic E-state index is 0.0771. The molecule has 1 atom stereocenters. The lowest BCUT2D eigenvalue weighted by Crippen LogP contribution is -2.53. The Morgan fingerprint density at radius 3 is 2.27 bits per heavy atom. The molecule has 0 spiro atoms. The number of sulfonamides is 1. The molecule has 1 fully saturated rings. The predicted octanol–water partition coefficient (Wildman–Crippen LogP) is 6.18. The molecular weight excluding hydrogens is 595 g/mol. The van der Waals surface area contributed by atoms with Crippen molar-refractivity contribution in [3.05, 3.63) is 83.9 Å². The van der Waals surface area contributed by atoms with Crippen molar-refractivity contribution in [1.29, 1.82) is 0 Å². The van der Waals surface area contributed by atoms with Gasteiger partial charge in [-0.2, -0.15) is 0 Å². The van der Waals surface area contributed by atoms with Crippen molar-refractivity contribution in [2.24, 2.45) is 0 Å². The van der Waals surface area contributed by atoms with Crippen LogP contribution in [0.3, 0.4) is 0 Å². The maximum Gasteiger partial charge on any atom is 0.264 e. The number of rotatable bonds is 14. The average Bonchev–Trinajstić information content (AvgIpc) is 3.53. The first-order valence-corrected chi connectivity index (χ1v) is 17.9. The van der Waals surface area contributed by atoms with Crippen LogP contribution in [0, 0.1) is 6.92 Å². The van der Waals surface area contributed by atoms with E-state index in [0.29, 0.717) is 24.5 Å². The lowest BCUT2D eigenvalue weighted by molar-refractivity contribution is -0.140. The highest BCUT2D eigenvalue weighted by atomic mass is 32.2.